The third-order valence-corrected chi connectivity index (χ3v) is 7.94. The van der Waals surface area contributed by atoms with E-state index in [0.717, 1.165) is 16.7 Å². The Morgan fingerprint density at radius 2 is 1.80 bits per heavy atom. The second kappa shape index (κ2) is 13.6. The van der Waals surface area contributed by atoms with Gasteiger partial charge in [-0.25, -0.2) is 4.79 Å². The summed E-state index contributed by atoms with van der Waals surface area (Å²) in [6.07, 6.45) is 0.871. The third kappa shape index (κ3) is 7.55. The van der Waals surface area contributed by atoms with E-state index in [1.807, 2.05) is 18.2 Å². The van der Waals surface area contributed by atoms with E-state index in [1.165, 1.54) is 7.11 Å². The molecule has 12 heteroatoms. The molecule has 5 aliphatic rings. The van der Waals surface area contributed by atoms with Crippen LogP contribution in [-0.2, 0) is 33.8 Å². The fourth-order valence-electron chi connectivity index (χ4n) is 5.53. The van der Waals surface area contributed by atoms with E-state index in [2.05, 4.69) is 20.6 Å². The number of benzene rings is 2. The first-order valence-corrected chi connectivity index (χ1v) is 14.6. The molecule has 0 saturated carbocycles. The van der Waals surface area contributed by atoms with Crippen molar-refractivity contribution in [3.63, 3.8) is 0 Å². The molecular weight excluding hydrogens is 566 g/mol. The summed E-state index contributed by atoms with van der Waals surface area (Å²) < 4.78 is 17.4. The van der Waals surface area contributed by atoms with Crippen LogP contribution >= 0.6 is 0 Å². The van der Waals surface area contributed by atoms with Crippen LogP contribution in [-0.4, -0.2) is 71.5 Å². The highest BCUT2D eigenvalue weighted by atomic mass is 16.5. The minimum absolute atomic E-state index is 0.0774. The number of aryl methyl sites for hydroxylation is 3. The number of likely N-dealkylation sites (tertiary alicyclic amines) is 1. The van der Waals surface area contributed by atoms with Crippen LogP contribution in [0.2, 0.25) is 0 Å². The van der Waals surface area contributed by atoms with Crippen LogP contribution in [0.5, 0.6) is 17.2 Å². The molecule has 5 aliphatic heterocycles. The summed E-state index contributed by atoms with van der Waals surface area (Å²) in [5.41, 5.74) is 3.50. The highest BCUT2D eigenvalue weighted by Gasteiger charge is 2.37. The number of nitrogens with one attached hydrogen (secondary N) is 3. The van der Waals surface area contributed by atoms with Gasteiger partial charge < -0.3 is 34.7 Å². The molecule has 3 N–H and O–H groups in total. The van der Waals surface area contributed by atoms with Crippen molar-refractivity contribution in [1.29, 1.82) is 0 Å². The van der Waals surface area contributed by atoms with Gasteiger partial charge in [0.05, 0.1) is 19.7 Å². The first kappa shape index (κ1) is 30.6. The maximum absolute atomic E-state index is 13.3. The van der Waals surface area contributed by atoms with Crippen LogP contribution in [0.1, 0.15) is 40.9 Å². The molecule has 44 heavy (non-hydrogen) atoms. The van der Waals surface area contributed by atoms with E-state index in [0.29, 0.717) is 61.1 Å². The summed E-state index contributed by atoms with van der Waals surface area (Å²) in [5.74, 6) is 0.988. The fourth-order valence-corrected chi connectivity index (χ4v) is 5.53. The molecule has 4 bridgehead atoms. The number of hydrogen-bond acceptors (Lipinski definition) is 8. The molecule has 3 aromatic rings. The monoisotopic (exact) mass is 603 g/mol. The minimum Gasteiger partial charge on any atom is -0.493 e. The lowest BCUT2D eigenvalue weighted by molar-refractivity contribution is -0.130. The van der Waals surface area contributed by atoms with Gasteiger partial charge in [0, 0.05) is 37.3 Å². The summed E-state index contributed by atoms with van der Waals surface area (Å²) in [4.78, 5) is 58.8. The zero-order valence-electron chi connectivity index (χ0n) is 25.1. The van der Waals surface area contributed by atoms with Gasteiger partial charge in [-0.2, -0.15) is 4.98 Å². The largest absolute Gasteiger partial charge is 0.493 e. The molecule has 0 unspecified atom stereocenters. The van der Waals surface area contributed by atoms with Crippen molar-refractivity contribution in [3.8, 4) is 17.2 Å². The van der Waals surface area contributed by atoms with Gasteiger partial charge in [-0.1, -0.05) is 18.2 Å². The van der Waals surface area contributed by atoms with E-state index >= 15 is 0 Å². The molecule has 8 rings (SSSR count). The van der Waals surface area contributed by atoms with Crippen molar-refractivity contribution >= 4 is 17.7 Å². The average Bonchev–Trinajstić information content (AvgIpc) is 3.39. The first-order chi connectivity index (χ1) is 21.2. The average molecular weight is 604 g/mol. The fraction of sp³-hybridized carbons (Fsp3) is 0.406. The molecule has 0 spiro atoms. The van der Waals surface area contributed by atoms with Crippen LogP contribution in [0.3, 0.4) is 0 Å². The number of aromatic nitrogens is 2. The van der Waals surface area contributed by atoms with E-state index in [1.54, 1.807) is 43.0 Å². The predicted molar refractivity (Wildman–Crippen MR) is 161 cm³/mol. The lowest BCUT2D eigenvalue weighted by Gasteiger charge is -2.21. The van der Waals surface area contributed by atoms with Gasteiger partial charge in [0.15, 0.2) is 18.1 Å². The van der Waals surface area contributed by atoms with E-state index in [9.17, 15) is 19.2 Å². The highest BCUT2D eigenvalue weighted by Crippen LogP contribution is 2.29. The number of amides is 3. The molecule has 232 valence electrons. The standard InChI is InChI=1S/C32H37N5O7/c1-19-24(20(2)35-32(41)34-19)10-13-31(40)37-16-25-28(17-37)44-23-8-4-22(5-9-23)15-33-30(39)18-43-26-11-6-21(14-27(26)42-3)7-12-29(38)36-25/h4-6,8-9,11,14,25,28H,7,10,12-13,15-18H2,1-3H3,(H,33,39)(H,36,38)(H,34,35,41)/t25-,28-/m0/s1. The molecule has 12 nitrogen and oxygen atoms in total. The predicted octanol–water partition coefficient (Wildman–Crippen LogP) is 1.74. The summed E-state index contributed by atoms with van der Waals surface area (Å²) in [6.45, 7) is 4.32. The molecular formula is C32H37N5O7. The van der Waals surface area contributed by atoms with Gasteiger partial charge in [-0.15, -0.1) is 0 Å². The minimum atomic E-state index is -0.464. The second-order valence-electron chi connectivity index (χ2n) is 11.1. The van der Waals surface area contributed by atoms with Gasteiger partial charge in [-0.05, 0) is 67.6 Å². The Morgan fingerprint density at radius 3 is 2.55 bits per heavy atom. The Bertz CT molecular complexity index is 1560. The number of carbonyl (C=O) groups is 3. The molecule has 3 amide bonds. The van der Waals surface area contributed by atoms with Crippen LogP contribution in [0.4, 0.5) is 0 Å². The SMILES string of the molecule is COc1cc2ccc1OCC(=O)NCc1ccc(cc1)O[C@H]1CN(C(=O)CCc3c(C)nc(=O)[nH]c3C)C[C@@H]1NC(=O)CC2. The second-order valence-corrected chi connectivity index (χ2v) is 11.1. The van der Waals surface area contributed by atoms with Crippen LogP contribution in [0, 0.1) is 13.8 Å². The Kier molecular flexibility index (Phi) is 9.47. The van der Waals surface area contributed by atoms with Crippen molar-refractivity contribution in [3.05, 3.63) is 81.0 Å². The molecule has 2 aromatic carbocycles. The zero-order valence-corrected chi connectivity index (χ0v) is 25.1. The quantitative estimate of drug-likeness (QED) is 0.408. The number of methoxy groups -OCH3 is 1. The number of hydrogen-bond donors (Lipinski definition) is 3. The Balaban J connectivity index is 1.32. The van der Waals surface area contributed by atoms with Crippen molar-refractivity contribution in [2.75, 3.05) is 26.8 Å². The van der Waals surface area contributed by atoms with Crippen molar-refractivity contribution in [1.82, 2.24) is 25.5 Å². The zero-order chi connectivity index (χ0) is 31.2. The molecule has 0 aliphatic carbocycles. The Labute approximate surface area is 255 Å². The summed E-state index contributed by atoms with van der Waals surface area (Å²) in [5, 5.41) is 5.93. The Hall–Kier alpha value is -4.87. The number of rotatable bonds is 4. The van der Waals surface area contributed by atoms with Gasteiger partial charge >= 0.3 is 5.69 Å². The lowest BCUT2D eigenvalue weighted by Crippen LogP contribution is -2.45. The number of nitrogens with zero attached hydrogens (tertiary/aromatic N) is 2. The molecule has 1 aromatic heterocycles. The highest BCUT2D eigenvalue weighted by molar-refractivity contribution is 5.79. The molecule has 0 radical (unpaired) electrons. The maximum Gasteiger partial charge on any atom is 0.345 e. The smallest absolute Gasteiger partial charge is 0.345 e. The van der Waals surface area contributed by atoms with Gasteiger partial charge in [-0.3, -0.25) is 14.4 Å². The molecule has 6 heterocycles. The summed E-state index contributed by atoms with van der Waals surface area (Å²) in [7, 11) is 1.52. The summed E-state index contributed by atoms with van der Waals surface area (Å²) in [6, 6.07) is 12.3. The van der Waals surface area contributed by atoms with Gasteiger partial charge in [0.25, 0.3) is 5.91 Å². The van der Waals surface area contributed by atoms with E-state index in [4.69, 9.17) is 14.2 Å². The maximum atomic E-state index is 13.3. The van der Waals surface area contributed by atoms with Crippen molar-refractivity contribution in [2.24, 2.45) is 0 Å². The van der Waals surface area contributed by atoms with Crippen LogP contribution in [0.25, 0.3) is 0 Å². The van der Waals surface area contributed by atoms with Crippen molar-refractivity contribution < 1.29 is 28.6 Å². The number of carbonyl (C=O) groups excluding carboxylic acids is 3. The Morgan fingerprint density at radius 1 is 1.02 bits per heavy atom. The number of ether oxygens (including phenoxy) is 3. The van der Waals surface area contributed by atoms with E-state index < -0.39 is 17.8 Å². The van der Waals surface area contributed by atoms with Gasteiger partial charge in [0.1, 0.15) is 11.9 Å². The van der Waals surface area contributed by atoms with Crippen LogP contribution < -0.4 is 30.5 Å². The normalized spacial score (nSPS) is 18.9. The number of H-pyrrole nitrogens is 1. The third-order valence-electron chi connectivity index (χ3n) is 7.94. The first-order valence-electron chi connectivity index (χ1n) is 14.6. The topological polar surface area (TPSA) is 152 Å². The molecule has 2 atom stereocenters. The molecule has 1 fully saturated rings. The number of aromatic amines is 1. The molecule has 1 saturated heterocycles. The van der Waals surface area contributed by atoms with Gasteiger partial charge in [0.2, 0.25) is 11.8 Å². The van der Waals surface area contributed by atoms with Crippen LogP contribution in [0.15, 0.2) is 47.3 Å². The van der Waals surface area contributed by atoms with E-state index in [-0.39, 0.29) is 37.2 Å². The summed E-state index contributed by atoms with van der Waals surface area (Å²) >= 11 is 0. The van der Waals surface area contributed by atoms with Crippen molar-refractivity contribution in [2.45, 2.75) is 58.2 Å². The lowest BCUT2D eigenvalue weighted by atomic mass is 10.1.